The Morgan fingerprint density at radius 3 is 1.40 bits per heavy atom. The van der Waals surface area contributed by atoms with E-state index in [4.69, 9.17) is 21.7 Å². The molecule has 0 amide bonds. The molecule has 109 heavy (non-hydrogen) atoms. The first-order valence-corrected chi connectivity index (χ1v) is 51.3. The van der Waals surface area contributed by atoms with Crippen LogP contribution in [0.3, 0.4) is 0 Å². The molecule has 0 bridgehead atoms. The van der Waals surface area contributed by atoms with E-state index < -0.39 is 0 Å². The summed E-state index contributed by atoms with van der Waals surface area (Å²) in [7, 11) is 1.29. The minimum atomic E-state index is -0.181. The van der Waals surface area contributed by atoms with Gasteiger partial charge >= 0.3 is 151 Å². The van der Waals surface area contributed by atoms with E-state index in [-0.39, 0.29) is 122 Å². The predicted molar refractivity (Wildman–Crippen MR) is 507 cm³/mol. The third-order valence-corrected chi connectivity index (χ3v) is 29.8. The van der Waals surface area contributed by atoms with Gasteiger partial charge in [-0.3, -0.25) is 14.4 Å². The maximum Gasteiger partial charge on any atom is 1.00 e. The Morgan fingerprint density at radius 1 is 0.541 bits per heavy atom. The molecule has 8 aromatic heterocycles. The van der Waals surface area contributed by atoms with Crippen LogP contribution in [0.5, 0.6) is 0 Å². The number of unbranched alkanes of at least 4 members (excludes halogenated alkanes) is 35. The molecule has 0 saturated heterocycles. The number of thiophene rings is 8. The fourth-order valence-electron chi connectivity index (χ4n) is 11.8. The van der Waals surface area contributed by atoms with Crippen LogP contribution in [0.1, 0.15) is 332 Å². The van der Waals surface area contributed by atoms with Crippen LogP contribution in [0.2, 0.25) is 0 Å². The number of ketones is 2. The van der Waals surface area contributed by atoms with Crippen LogP contribution >= 0.6 is 184 Å². The quantitative estimate of drug-likeness (QED) is 0.00512. The number of Topliss-reactive ketones (excluding diaryl/α,β-unsaturated/α-hetero) is 2. The minimum Gasteiger partial charge on any atom is -1.00 e. The third kappa shape index (κ3) is 62.6. The summed E-state index contributed by atoms with van der Waals surface area (Å²) in [5.74, 6) is 1.44. The van der Waals surface area contributed by atoms with Crippen molar-refractivity contribution in [2.24, 2.45) is 9.11 Å². The molecule has 0 radical (unpaired) electrons. The molecule has 0 saturated carbocycles. The zero-order valence-electron chi connectivity index (χ0n) is 68.9. The molecule has 0 N–H and O–H groups in total. The van der Waals surface area contributed by atoms with Crippen molar-refractivity contribution in [3.05, 3.63) is 98.0 Å². The van der Waals surface area contributed by atoms with Gasteiger partial charge in [0.2, 0.25) is 0 Å². The van der Waals surface area contributed by atoms with Crippen LogP contribution in [0.4, 0.5) is 0 Å². The number of rotatable bonds is 51. The van der Waals surface area contributed by atoms with Crippen molar-refractivity contribution in [1.29, 1.82) is 0 Å². The summed E-state index contributed by atoms with van der Waals surface area (Å²) >= 11 is 40.4. The van der Waals surface area contributed by atoms with Gasteiger partial charge < -0.3 is 11.6 Å². The maximum absolute atomic E-state index is 11.7. The Labute approximate surface area is 824 Å². The van der Waals surface area contributed by atoms with Crippen molar-refractivity contribution in [1.82, 2.24) is 0 Å². The zero-order chi connectivity index (χ0) is 78.4. The molecular weight excluding hydrogens is 1780 g/mol. The molecule has 0 aliphatic carbocycles. The number of aryl methyl sites for hydroxylation is 5. The number of hydrogen-bond acceptors (Lipinski definition) is 17. The number of carbonyl (C=O) groups is 3. The van der Waals surface area contributed by atoms with Crippen molar-refractivity contribution >= 4 is 244 Å². The number of thioether (sulfide) groups is 1. The first kappa shape index (κ1) is 114. The van der Waals surface area contributed by atoms with Crippen LogP contribution in [0, 0.1) is 13.8 Å². The second-order valence-electron chi connectivity index (χ2n) is 26.9. The number of carbonyl (C=O) groups excluding carboxylic acids is 3. The topological polar surface area (TPSA) is 108 Å². The Morgan fingerprint density at radius 2 is 0.982 bits per heavy atom. The fourth-order valence-corrected chi connectivity index (χ4v) is 23.4. The molecule has 26 heteroatoms. The van der Waals surface area contributed by atoms with Crippen LogP contribution in [-0.4, -0.2) is 43.2 Å². The van der Waals surface area contributed by atoms with Crippen molar-refractivity contribution in [3.63, 3.8) is 0 Å². The molecule has 604 valence electrons. The van der Waals surface area contributed by atoms with Gasteiger partial charge in [0.15, 0.2) is 0 Å². The van der Waals surface area contributed by atoms with E-state index in [9.17, 15) is 9.59 Å². The first-order valence-electron chi connectivity index (χ1n) is 40.0. The van der Waals surface area contributed by atoms with Gasteiger partial charge in [-0.1, -0.05) is 271 Å². The molecule has 0 spiro atoms. The van der Waals surface area contributed by atoms with Gasteiger partial charge in [0.05, 0.1) is 39.7 Å². The largest absolute Gasteiger partial charge is 1.00 e. The molecule has 8 rings (SSSR count). The summed E-state index contributed by atoms with van der Waals surface area (Å²) in [6, 6.07) is 15.0. The third-order valence-electron chi connectivity index (χ3n) is 17.7. The summed E-state index contributed by atoms with van der Waals surface area (Å²) in [6.45, 7) is 15.7. The molecule has 8 heterocycles. The molecule has 8 aromatic rings. The Balaban J connectivity index is -0.00000123. The van der Waals surface area contributed by atoms with Gasteiger partial charge in [-0.15, -0.1) is 127 Å². The predicted octanol–water partition coefficient (Wildman–Crippen LogP) is 27.3. The zero-order valence-corrected chi connectivity index (χ0v) is 88.1. The van der Waals surface area contributed by atoms with Crippen LogP contribution < -0.4 is 108 Å². The first-order chi connectivity index (χ1) is 52.2. The number of thiol groups is 3. The monoisotopic (exact) mass is 1910 g/mol. The van der Waals surface area contributed by atoms with E-state index >= 15 is 0 Å². The summed E-state index contributed by atoms with van der Waals surface area (Å²) in [5, 5.41) is 21.6. The van der Waals surface area contributed by atoms with Gasteiger partial charge in [-0.05, 0) is 166 Å². The summed E-state index contributed by atoms with van der Waals surface area (Å²) < 4.78 is 12.7. The second kappa shape index (κ2) is 83.1. The molecule has 7 nitrogen and oxygen atoms in total. The van der Waals surface area contributed by atoms with Crippen LogP contribution in [0.25, 0.3) is 28.2 Å². The fraction of sp³-hybridized carbons (Fsp3) is 0.651. The second-order valence-corrected chi connectivity index (χ2v) is 41.4. The van der Waals surface area contributed by atoms with E-state index in [1.807, 2.05) is 91.6 Å². The Hall–Kier alpha value is 2.80. The van der Waals surface area contributed by atoms with Crippen LogP contribution in [-0.2, 0) is 38.5 Å². The molecule has 0 unspecified atom stereocenters. The summed E-state index contributed by atoms with van der Waals surface area (Å²) in [4.78, 5) is 40.3. The van der Waals surface area contributed by atoms with Crippen molar-refractivity contribution in [3.8, 4) is 0 Å². The van der Waals surface area contributed by atoms with Gasteiger partial charge in [-0.2, -0.15) is 0 Å². The molecule has 0 atom stereocenters. The van der Waals surface area contributed by atoms with E-state index in [0.29, 0.717) is 18.0 Å². The van der Waals surface area contributed by atoms with Gasteiger partial charge in [-0.25, -0.2) is 0 Å². The van der Waals surface area contributed by atoms with E-state index in [2.05, 4.69) is 173 Å². The van der Waals surface area contributed by atoms with Gasteiger partial charge in [0.25, 0.3) is 6.47 Å². The van der Waals surface area contributed by atoms with Gasteiger partial charge in [0.1, 0.15) is 11.6 Å². The summed E-state index contributed by atoms with van der Waals surface area (Å²) in [6.07, 6.45) is 61.0. The van der Waals surface area contributed by atoms with Crippen molar-refractivity contribution in [2.75, 3.05) is 11.6 Å². The smallest absolute Gasteiger partial charge is 1.00 e. The van der Waals surface area contributed by atoms with Crippen molar-refractivity contribution in [2.45, 2.75) is 346 Å². The maximum atomic E-state index is 11.7. The molecule has 0 aliphatic rings. The number of hydrogen-bond donors (Lipinski definition) is 3. The van der Waals surface area contributed by atoms with E-state index in [0.717, 1.165) is 23.5 Å². The van der Waals surface area contributed by atoms with E-state index in [1.165, 1.54) is 322 Å². The molecular formula is C83H131B2Br2ClK2N2O5S12. The number of alkyl halides is 1. The Bertz CT molecular complexity index is 3280. The minimum absolute atomic E-state index is 0. The Kier molecular flexibility index (Phi) is 86.8. The number of fused-ring (bicyclic) bond motifs is 3. The molecule has 0 aliphatic heterocycles. The van der Waals surface area contributed by atoms with Crippen molar-refractivity contribution < 1.29 is 129 Å². The van der Waals surface area contributed by atoms with Crippen LogP contribution in [0.15, 0.2) is 89.1 Å². The SMILES string of the molecule is CCCCCCCCCCC(=O)CCl.CCCCCCCCCCC(=O)CSc1cccs1.CCCCCCCCCCc1c(Br)sc2sc(Br)cc12.CCCCCCCCCCc1c(C)sc2sc(C)cc12.CCCCCCCCCCc1csc2sccc12.O=CO[O-].SB=NB=NS.Sc1cccs1.[H-].[K+].[K+]. The van der Waals surface area contributed by atoms with Gasteiger partial charge in [0, 0.05) is 38.8 Å². The molecule has 0 fully saturated rings. The summed E-state index contributed by atoms with van der Waals surface area (Å²) in [5.41, 5.74) is 4.75. The number of nitrogens with zero attached hydrogens (tertiary/aromatic N) is 2. The van der Waals surface area contributed by atoms with E-state index in [1.54, 1.807) is 55.8 Å². The normalized spacial score (nSPS) is 10.5. The average molecular weight is 1920 g/mol. The molecule has 0 aromatic carbocycles. The number of halogens is 3. The average Bonchev–Trinajstić information content (AvgIpc) is 1.66. The standard InChI is InChI=1S/C18H28S2.C16H22Br2S2.C16H26OS2.C16H24S2.C12H23ClO.C4H4S2.CH2O3.B2H2N2S2.2K.H/c1-4-5-6-7-8-9-10-11-12-16-15(3)20-18-17(16)13-14(2)19-18;1-2-3-4-5-6-7-8-9-10-12-13-11-14(17)19-16(13)20-15(12)18;1-2-3-4-5-6-7-8-9-11-15(17)14-19-16-12-10-13-18-16;1-2-3-4-5-6-7-8-9-10-14-13-18-16-15(14)11-12-17-16;1-2-3-4-5-6-7-8-9-10-12(14)11-13;5-4-2-1-3-6-4;2-1-4-3;5-2-3-1-4-6;;;/h13H,4-12H2,1-3H3;11H,2-10H2,1H3;10,12-13H,2-9,11,14H2,1H3;11-13H,2-10H2,1H3;2-11H2,1H3;1-3,5H;1,3H;5-6H;;;/q;;;;;;;;2*+1;-1/p-1.